The quantitative estimate of drug-likeness (QED) is 0.903. The normalized spacial score (nSPS) is 22.8. The van der Waals surface area contributed by atoms with Gasteiger partial charge in [-0.1, -0.05) is 12.1 Å². The molecule has 1 aliphatic heterocycles. The molecule has 2 atom stereocenters. The molecule has 100 valence electrons. The molecule has 1 aromatic rings. The van der Waals surface area contributed by atoms with E-state index in [0.717, 1.165) is 35.0 Å². The van der Waals surface area contributed by atoms with Crippen molar-refractivity contribution in [3.05, 3.63) is 35.4 Å². The van der Waals surface area contributed by atoms with Gasteiger partial charge >= 0.3 is 6.18 Å². The second-order valence-corrected chi connectivity index (χ2v) is 6.63. The van der Waals surface area contributed by atoms with Crippen LogP contribution in [0.5, 0.6) is 0 Å². The van der Waals surface area contributed by atoms with E-state index < -0.39 is 11.7 Å². The molecular formula is C12H14F3NS2. The zero-order chi connectivity index (χ0) is 13.2. The van der Waals surface area contributed by atoms with Gasteiger partial charge in [-0.25, -0.2) is 0 Å². The van der Waals surface area contributed by atoms with Crippen LogP contribution in [0.4, 0.5) is 13.2 Å². The van der Waals surface area contributed by atoms with Crippen LogP contribution in [0.2, 0.25) is 0 Å². The van der Waals surface area contributed by atoms with Crippen molar-refractivity contribution in [1.29, 1.82) is 0 Å². The molecule has 1 aliphatic rings. The summed E-state index contributed by atoms with van der Waals surface area (Å²) in [7, 11) is 0. The van der Waals surface area contributed by atoms with E-state index in [4.69, 9.17) is 5.73 Å². The first kappa shape index (κ1) is 14.1. The Labute approximate surface area is 113 Å². The van der Waals surface area contributed by atoms with Crippen LogP contribution in [0.15, 0.2) is 24.3 Å². The second-order valence-electron chi connectivity index (χ2n) is 4.13. The average molecular weight is 293 g/mol. The lowest BCUT2D eigenvalue weighted by atomic mass is 10.0. The first-order valence-corrected chi connectivity index (χ1v) is 7.81. The van der Waals surface area contributed by atoms with Gasteiger partial charge in [0.1, 0.15) is 0 Å². The van der Waals surface area contributed by atoms with Crippen molar-refractivity contribution in [1.82, 2.24) is 0 Å². The summed E-state index contributed by atoms with van der Waals surface area (Å²) < 4.78 is 37.3. The fraction of sp³-hybridized carbons (Fsp3) is 0.500. The monoisotopic (exact) mass is 293 g/mol. The van der Waals surface area contributed by atoms with Crippen molar-refractivity contribution >= 4 is 23.5 Å². The molecule has 18 heavy (non-hydrogen) atoms. The summed E-state index contributed by atoms with van der Waals surface area (Å²) in [5.74, 6) is 3.15. The van der Waals surface area contributed by atoms with Gasteiger partial charge < -0.3 is 5.73 Å². The molecule has 0 aliphatic carbocycles. The lowest BCUT2D eigenvalue weighted by Gasteiger charge is -2.27. The first-order valence-electron chi connectivity index (χ1n) is 5.60. The van der Waals surface area contributed by atoms with E-state index in [1.807, 2.05) is 23.5 Å². The molecule has 1 aromatic carbocycles. The second kappa shape index (κ2) is 5.75. The van der Waals surface area contributed by atoms with Gasteiger partial charge in [-0.05, 0) is 17.7 Å². The first-order chi connectivity index (χ1) is 8.48. The van der Waals surface area contributed by atoms with Gasteiger partial charge in [0.2, 0.25) is 0 Å². The van der Waals surface area contributed by atoms with Gasteiger partial charge in [-0.15, -0.1) is 0 Å². The third-order valence-electron chi connectivity index (χ3n) is 2.87. The highest BCUT2D eigenvalue weighted by Gasteiger charge is 2.30. The van der Waals surface area contributed by atoms with E-state index >= 15 is 0 Å². The molecule has 0 bridgehead atoms. The van der Waals surface area contributed by atoms with E-state index in [1.165, 1.54) is 12.1 Å². The number of rotatable bonds is 2. The summed E-state index contributed by atoms with van der Waals surface area (Å²) in [5.41, 5.74) is 6.27. The van der Waals surface area contributed by atoms with Crippen LogP contribution in [0, 0.1) is 0 Å². The van der Waals surface area contributed by atoms with Crippen molar-refractivity contribution in [2.45, 2.75) is 17.5 Å². The molecule has 1 saturated heterocycles. The molecule has 0 spiro atoms. The minimum Gasteiger partial charge on any atom is -0.323 e. The summed E-state index contributed by atoms with van der Waals surface area (Å²) in [6, 6.07) is 5.01. The Morgan fingerprint density at radius 1 is 1.17 bits per heavy atom. The van der Waals surface area contributed by atoms with Crippen LogP contribution >= 0.6 is 23.5 Å². The van der Waals surface area contributed by atoms with Gasteiger partial charge in [-0.3, -0.25) is 0 Å². The van der Waals surface area contributed by atoms with Gasteiger partial charge in [0.25, 0.3) is 0 Å². The molecule has 2 N–H and O–H groups in total. The van der Waals surface area contributed by atoms with Crippen LogP contribution in [-0.2, 0) is 6.18 Å². The molecule has 0 amide bonds. The van der Waals surface area contributed by atoms with Gasteiger partial charge in [-0.2, -0.15) is 36.7 Å². The van der Waals surface area contributed by atoms with E-state index in [9.17, 15) is 13.2 Å². The number of thioether (sulfide) groups is 2. The molecular weight excluding hydrogens is 279 g/mol. The topological polar surface area (TPSA) is 26.0 Å². The van der Waals surface area contributed by atoms with Crippen molar-refractivity contribution in [2.24, 2.45) is 5.73 Å². The third-order valence-corrected chi connectivity index (χ3v) is 5.75. The van der Waals surface area contributed by atoms with Gasteiger partial charge in [0.05, 0.1) is 5.56 Å². The largest absolute Gasteiger partial charge is 0.416 e. The Morgan fingerprint density at radius 2 is 1.83 bits per heavy atom. The van der Waals surface area contributed by atoms with Crippen LogP contribution < -0.4 is 5.73 Å². The standard InChI is InChI=1S/C12H14F3NS2/c13-12(14,15)9-3-1-8(2-4-9)11(16)10-7-17-5-6-18-10/h1-4,10-11H,5-7,16H2. The minimum atomic E-state index is -4.28. The smallest absolute Gasteiger partial charge is 0.323 e. The predicted molar refractivity (Wildman–Crippen MR) is 71.9 cm³/mol. The fourth-order valence-corrected chi connectivity index (χ4v) is 4.63. The average Bonchev–Trinajstić information content (AvgIpc) is 2.38. The number of alkyl halides is 3. The molecule has 0 radical (unpaired) electrons. The van der Waals surface area contributed by atoms with Crippen molar-refractivity contribution in [2.75, 3.05) is 17.3 Å². The van der Waals surface area contributed by atoms with Gasteiger partial charge in [0, 0.05) is 28.6 Å². The SMILES string of the molecule is NC(c1ccc(C(F)(F)F)cc1)C1CSCCS1. The number of hydrogen-bond acceptors (Lipinski definition) is 3. The Morgan fingerprint density at radius 3 is 2.33 bits per heavy atom. The zero-order valence-corrected chi connectivity index (χ0v) is 11.2. The Kier molecular flexibility index (Phi) is 4.50. The summed E-state index contributed by atoms with van der Waals surface area (Å²) in [6.45, 7) is 0. The van der Waals surface area contributed by atoms with E-state index in [-0.39, 0.29) is 6.04 Å². The Balaban J connectivity index is 2.09. The molecule has 1 heterocycles. The van der Waals surface area contributed by atoms with Crippen LogP contribution in [-0.4, -0.2) is 22.5 Å². The van der Waals surface area contributed by atoms with Crippen LogP contribution in [0.3, 0.4) is 0 Å². The minimum absolute atomic E-state index is 0.190. The summed E-state index contributed by atoms with van der Waals surface area (Å²) >= 11 is 3.66. The maximum atomic E-state index is 12.4. The van der Waals surface area contributed by atoms with Gasteiger partial charge in [0.15, 0.2) is 0 Å². The van der Waals surface area contributed by atoms with E-state index in [0.29, 0.717) is 5.25 Å². The zero-order valence-electron chi connectivity index (χ0n) is 9.61. The molecule has 2 rings (SSSR count). The molecule has 1 nitrogen and oxygen atoms in total. The Bertz CT molecular complexity index is 385. The van der Waals surface area contributed by atoms with Crippen molar-refractivity contribution < 1.29 is 13.2 Å². The van der Waals surface area contributed by atoms with Crippen molar-refractivity contribution in [3.8, 4) is 0 Å². The summed E-state index contributed by atoms with van der Waals surface area (Å²) in [6.07, 6.45) is -4.28. The maximum absolute atomic E-state index is 12.4. The summed E-state index contributed by atoms with van der Waals surface area (Å²) in [5, 5.41) is 0.292. The summed E-state index contributed by atoms with van der Waals surface area (Å²) in [4.78, 5) is 0. The third kappa shape index (κ3) is 3.36. The highest BCUT2D eigenvalue weighted by Crippen LogP contribution is 2.34. The molecule has 0 saturated carbocycles. The van der Waals surface area contributed by atoms with E-state index in [2.05, 4.69) is 0 Å². The Hall–Kier alpha value is -0.330. The highest BCUT2D eigenvalue weighted by molar-refractivity contribution is 8.06. The number of hydrogen-bond donors (Lipinski definition) is 1. The fourth-order valence-electron chi connectivity index (χ4n) is 1.82. The highest BCUT2D eigenvalue weighted by atomic mass is 32.2. The van der Waals surface area contributed by atoms with Crippen LogP contribution in [0.25, 0.3) is 0 Å². The number of nitrogens with two attached hydrogens (primary N) is 1. The number of halogens is 3. The lowest BCUT2D eigenvalue weighted by Crippen LogP contribution is -2.28. The molecule has 0 aromatic heterocycles. The lowest BCUT2D eigenvalue weighted by molar-refractivity contribution is -0.137. The molecule has 1 fully saturated rings. The molecule has 6 heteroatoms. The number of benzene rings is 1. The van der Waals surface area contributed by atoms with Crippen molar-refractivity contribution in [3.63, 3.8) is 0 Å². The maximum Gasteiger partial charge on any atom is 0.416 e. The molecule has 2 unspecified atom stereocenters. The van der Waals surface area contributed by atoms with Crippen LogP contribution in [0.1, 0.15) is 17.2 Å². The predicted octanol–water partition coefficient (Wildman–Crippen LogP) is 3.55. The van der Waals surface area contributed by atoms with E-state index in [1.54, 1.807) is 0 Å².